The third-order valence-corrected chi connectivity index (χ3v) is 1.47. The molecule has 7 nitrogen and oxygen atoms in total. The number of nitrogens with zero attached hydrogens (tertiary/aromatic N) is 6. The van der Waals surface area contributed by atoms with Crippen molar-refractivity contribution in [3.8, 4) is 12.0 Å². The van der Waals surface area contributed by atoms with Gasteiger partial charge < -0.3 is 5.73 Å². The van der Waals surface area contributed by atoms with Gasteiger partial charge in [0.25, 0.3) is 5.95 Å². The van der Waals surface area contributed by atoms with Crippen LogP contribution in [0.15, 0.2) is 18.6 Å². The molecule has 0 aliphatic rings. The summed E-state index contributed by atoms with van der Waals surface area (Å²) in [4.78, 5) is 11.5. The van der Waals surface area contributed by atoms with Crippen molar-refractivity contribution >= 4 is 5.95 Å². The van der Waals surface area contributed by atoms with E-state index in [2.05, 4.69) is 20.1 Å². The highest BCUT2D eigenvalue weighted by atomic mass is 15.4. The average Bonchev–Trinajstić information content (AvgIpc) is 2.65. The number of anilines is 1. The van der Waals surface area contributed by atoms with Crippen LogP contribution in [-0.2, 0) is 0 Å². The molecule has 7 heteroatoms. The first-order chi connectivity index (χ1) is 6.79. The van der Waals surface area contributed by atoms with E-state index in [1.807, 2.05) is 6.07 Å². The van der Waals surface area contributed by atoms with E-state index < -0.39 is 0 Å². The predicted octanol–water partition coefficient (Wildman–Crippen LogP) is -0.489. The second-order valence-corrected chi connectivity index (χ2v) is 2.40. The number of aromatic nitrogens is 5. The normalized spacial score (nSPS) is 9.64. The molecule has 0 fully saturated rings. The van der Waals surface area contributed by atoms with Gasteiger partial charge >= 0.3 is 0 Å². The molecular weight excluding hydrogens is 182 g/mol. The first kappa shape index (κ1) is 8.12. The fourth-order valence-electron chi connectivity index (χ4n) is 0.893. The lowest BCUT2D eigenvalue weighted by molar-refractivity contribution is 0.806. The summed E-state index contributed by atoms with van der Waals surface area (Å²) >= 11 is 0. The van der Waals surface area contributed by atoms with E-state index in [1.165, 1.54) is 23.3 Å². The summed E-state index contributed by atoms with van der Waals surface area (Å²) in [5.41, 5.74) is 5.59. The Hall–Kier alpha value is -2.49. The van der Waals surface area contributed by atoms with Crippen molar-refractivity contribution in [1.29, 1.82) is 5.26 Å². The number of nitriles is 1. The highest BCUT2D eigenvalue weighted by Crippen LogP contribution is 2.00. The van der Waals surface area contributed by atoms with E-state index in [4.69, 9.17) is 11.0 Å². The monoisotopic (exact) mass is 187 g/mol. The van der Waals surface area contributed by atoms with E-state index in [0.29, 0.717) is 0 Å². The molecular formula is C7H5N7. The maximum atomic E-state index is 8.60. The number of nitrogens with two attached hydrogens (primary N) is 1. The summed E-state index contributed by atoms with van der Waals surface area (Å²) in [6.07, 6.45) is 2.85. The van der Waals surface area contributed by atoms with Crippen LogP contribution in [0.2, 0.25) is 0 Å². The number of rotatable bonds is 1. The molecule has 2 rings (SSSR count). The topological polar surface area (TPSA) is 106 Å². The molecule has 0 aliphatic heterocycles. The molecule has 0 spiro atoms. The van der Waals surface area contributed by atoms with Crippen molar-refractivity contribution < 1.29 is 0 Å². The van der Waals surface area contributed by atoms with Crippen LogP contribution in [0.1, 0.15) is 5.69 Å². The standard InChI is InChI=1S/C7H5N7/c8-3-5-1-2-10-7(12-5)14-4-11-6(9)13-14/h1-2,4H,(H2,9,13). The molecule has 2 heterocycles. The van der Waals surface area contributed by atoms with Crippen LogP contribution in [0.3, 0.4) is 0 Å². The molecule has 0 saturated heterocycles. The van der Waals surface area contributed by atoms with Crippen molar-refractivity contribution in [3.63, 3.8) is 0 Å². The van der Waals surface area contributed by atoms with Gasteiger partial charge in [-0.05, 0) is 6.07 Å². The van der Waals surface area contributed by atoms with Gasteiger partial charge in [-0.2, -0.15) is 9.94 Å². The maximum Gasteiger partial charge on any atom is 0.253 e. The average molecular weight is 187 g/mol. The molecule has 0 atom stereocenters. The molecule has 68 valence electrons. The minimum Gasteiger partial charge on any atom is -0.366 e. The van der Waals surface area contributed by atoms with Gasteiger partial charge in [0, 0.05) is 6.20 Å². The predicted molar refractivity (Wildman–Crippen MR) is 46.1 cm³/mol. The first-order valence-corrected chi connectivity index (χ1v) is 3.70. The fourth-order valence-corrected chi connectivity index (χ4v) is 0.893. The molecule has 0 saturated carbocycles. The Morgan fingerprint density at radius 2 is 2.29 bits per heavy atom. The van der Waals surface area contributed by atoms with Crippen molar-refractivity contribution in [1.82, 2.24) is 24.7 Å². The van der Waals surface area contributed by atoms with Gasteiger partial charge in [-0.3, -0.25) is 0 Å². The quantitative estimate of drug-likeness (QED) is 0.645. The van der Waals surface area contributed by atoms with Crippen LogP contribution in [0.5, 0.6) is 0 Å². The summed E-state index contributed by atoms with van der Waals surface area (Å²) < 4.78 is 1.30. The van der Waals surface area contributed by atoms with Gasteiger partial charge in [0.15, 0.2) is 0 Å². The Morgan fingerprint density at radius 1 is 1.43 bits per heavy atom. The molecule has 2 aromatic heterocycles. The Bertz CT molecular complexity index is 495. The van der Waals surface area contributed by atoms with Crippen molar-refractivity contribution in [2.75, 3.05) is 5.73 Å². The fraction of sp³-hybridized carbons (Fsp3) is 0. The Morgan fingerprint density at radius 3 is 2.93 bits per heavy atom. The minimum atomic E-state index is 0.135. The molecule has 0 bridgehead atoms. The largest absolute Gasteiger partial charge is 0.366 e. The van der Waals surface area contributed by atoms with E-state index >= 15 is 0 Å². The Balaban J connectivity index is 2.47. The number of hydrogen-bond acceptors (Lipinski definition) is 6. The van der Waals surface area contributed by atoms with Gasteiger partial charge in [0.1, 0.15) is 18.1 Å². The van der Waals surface area contributed by atoms with Crippen LogP contribution in [0.25, 0.3) is 5.95 Å². The molecule has 0 unspecified atom stereocenters. The summed E-state index contributed by atoms with van der Waals surface area (Å²) in [7, 11) is 0. The first-order valence-electron chi connectivity index (χ1n) is 3.70. The van der Waals surface area contributed by atoms with E-state index in [9.17, 15) is 0 Å². The van der Waals surface area contributed by atoms with E-state index in [1.54, 1.807) is 0 Å². The number of nitrogen functional groups attached to an aromatic ring is 1. The van der Waals surface area contributed by atoms with Crippen LogP contribution in [0, 0.1) is 11.3 Å². The molecule has 0 radical (unpaired) electrons. The lowest BCUT2D eigenvalue weighted by atomic mass is 10.4. The van der Waals surface area contributed by atoms with Gasteiger partial charge in [-0.1, -0.05) is 0 Å². The summed E-state index contributed by atoms with van der Waals surface area (Å²) in [6.45, 7) is 0. The summed E-state index contributed by atoms with van der Waals surface area (Å²) in [5, 5.41) is 12.4. The van der Waals surface area contributed by atoms with Gasteiger partial charge in [0.05, 0.1) is 0 Å². The molecule has 2 aromatic rings. The zero-order chi connectivity index (χ0) is 9.97. The SMILES string of the molecule is N#Cc1ccnc(-n2cnc(N)n2)n1. The Kier molecular flexibility index (Phi) is 1.80. The van der Waals surface area contributed by atoms with Crippen LogP contribution >= 0.6 is 0 Å². The minimum absolute atomic E-state index is 0.135. The van der Waals surface area contributed by atoms with Crippen LogP contribution in [0.4, 0.5) is 5.95 Å². The molecule has 2 N–H and O–H groups in total. The summed E-state index contributed by atoms with van der Waals surface area (Å²) in [6, 6.07) is 3.40. The lowest BCUT2D eigenvalue weighted by Crippen LogP contribution is -2.03. The zero-order valence-corrected chi connectivity index (χ0v) is 6.99. The Labute approximate surface area is 78.9 Å². The molecule has 0 aliphatic carbocycles. The van der Waals surface area contributed by atoms with Gasteiger partial charge in [-0.25, -0.2) is 15.0 Å². The number of hydrogen-bond donors (Lipinski definition) is 1. The maximum absolute atomic E-state index is 8.60. The van der Waals surface area contributed by atoms with Crippen molar-refractivity contribution in [2.45, 2.75) is 0 Å². The van der Waals surface area contributed by atoms with Crippen LogP contribution < -0.4 is 5.73 Å². The van der Waals surface area contributed by atoms with Crippen LogP contribution in [-0.4, -0.2) is 24.7 Å². The molecule has 0 aromatic carbocycles. The second kappa shape index (κ2) is 3.10. The van der Waals surface area contributed by atoms with E-state index in [-0.39, 0.29) is 17.6 Å². The summed E-state index contributed by atoms with van der Waals surface area (Å²) in [5.74, 6) is 0.407. The van der Waals surface area contributed by atoms with E-state index in [0.717, 1.165) is 0 Å². The second-order valence-electron chi connectivity index (χ2n) is 2.40. The third-order valence-electron chi connectivity index (χ3n) is 1.47. The zero-order valence-electron chi connectivity index (χ0n) is 6.99. The molecule has 14 heavy (non-hydrogen) atoms. The lowest BCUT2D eigenvalue weighted by Gasteiger charge is -1.96. The smallest absolute Gasteiger partial charge is 0.253 e. The van der Waals surface area contributed by atoms with Crippen molar-refractivity contribution in [2.24, 2.45) is 0 Å². The van der Waals surface area contributed by atoms with Gasteiger partial charge in [-0.15, -0.1) is 5.10 Å². The third kappa shape index (κ3) is 1.36. The van der Waals surface area contributed by atoms with Crippen molar-refractivity contribution in [3.05, 3.63) is 24.3 Å². The molecule has 0 amide bonds. The highest BCUT2D eigenvalue weighted by Gasteiger charge is 2.03. The van der Waals surface area contributed by atoms with Gasteiger partial charge in [0.2, 0.25) is 5.95 Å². The highest BCUT2D eigenvalue weighted by molar-refractivity contribution is 5.23.